The van der Waals surface area contributed by atoms with Gasteiger partial charge in [0, 0.05) is 16.6 Å². The van der Waals surface area contributed by atoms with Crippen molar-refractivity contribution in [2.75, 3.05) is 18.9 Å². The molecule has 27 heavy (non-hydrogen) atoms. The zero-order chi connectivity index (χ0) is 19.4. The van der Waals surface area contributed by atoms with E-state index in [1.54, 1.807) is 11.3 Å². The third-order valence-corrected chi connectivity index (χ3v) is 5.60. The summed E-state index contributed by atoms with van der Waals surface area (Å²) >= 11 is 7.83. The maximum atomic E-state index is 12.4. The number of aryl methyl sites for hydroxylation is 2. The molecule has 0 saturated carbocycles. The highest BCUT2D eigenvalue weighted by Gasteiger charge is 2.15. The quantitative estimate of drug-likeness (QED) is 0.662. The van der Waals surface area contributed by atoms with Gasteiger partial charge in [-0.1, -0.05) is 48.0 Å². The lowest BCUT2D eigenvalue weighted by Gasteiger charge is -2.15. The molecule has 1 amide bonds. The Morgan fingerprint density at radius 3 is 2.56 bits per heavy atom. The molecule has 140 valence electrons. The number of rotatable bonds is 6. The number of nitrogens with zero attached hydrogens (tertiary/aromatic N) is 1. The fourth-order valence-electron chi connectivity index (χ4n) is 2.99. The van der Waals surface area contributed by atoms with Gasteiger partial charge in [0.05, 0.1) is 12.1 Å². The molecule has 6 heteroatoms. The minimum absolute atomic E-state index is 0.00598. The largest absolute Gasteiger partial charge is 0.325 e. The maximum Gasteiger partial charge on any atom is 0.279 e. The summed E-state index contributed by atoms with van der Waals surface area (Å²) in [5, 5.41) is 6.68. The van der Waals surface area contributed by atoms with Crippen LogP contribution in [0.15, 0.2) is 47.8 Å². The fourth-order valence-corrected chi connectivity index (χ4v) is 4.13. The van der Waals surface area contributed by atoms with Crippen LogP contribution < -0.4 is 10.2 Å². The number of para-hydroxylation sites is 1. The van der Waals surface area contributed by atoms with Crippen molar-refractivity contribution in [1.82, 2.24) is 4.98 Å². The van der Waals surface area contributed by atoms with E-state index in [0.717, 1.165) is 38.0 Å². The summed E-state index contributed by atoms with van der Waals surface area (Å²) in [7, 11) is 2.00. The minimum atomic E-state index is 0.00598. The number of carbonyl (C=O) groups excluding carboxylic acids is 1. The van der Waals surface area contributed by atoms with Gasteiger partial charge in [0.25, 0.3) is 5.91 Å². The van der Waals surface area contributed by atoms with E-state index in [4.69, 9.17) is 11.6 Å². The van der Waals surface area contributed by atoms with E-state index in [1.165, 1.54) is 0 Å². The molecule has 4 nitrogen and oxygen atoms in total. The number of hydrogen-bond acceptors (Lipinski definition) is 3. The van der Waals surface area contributed by atoms with Gasteiger partial charge < -0.3 is 10.2 Å². The molecule has 0 radical (unpaired) electrons. The van der Waals surface area contributed by atoms with E-state index < -0.39 is 0 Å². The Balaban J connectivity index is 1.60. The van der Waals surface area contributed by atoms with Crippen LogP contribution in [0.4, 0.5) is 5.69 Å². The summed E-state index contributed by atoms with van der Waals surface area (Å²) in [6.07, 6.45) is 0. The normalized spacial score (nSPS) is 12.0. The summed E-state index contributed by atoms with van der Waals surface area (Å²) in [5.74, 6) is 0.00598. The van der Waals surface area contributed by atoms with Crippen LogP contribution >= 0.6 is 22.9 Å². The predicted octanol–water partition coefficient (Wildman–Crippen LogP) is 3.73. The second kappa shape index (κ2) is 8.65. The summed E-state index contributed by atoms with van der Waals surface area (Å²) < 4.78 is 0. The van der Waals surface area contributed by atoms with Crippen molar-refractivity contribution in [3.63, 3.8) is 0 Å². The van der Waals surface area contributed by atoms with Crippen LogP contribution in [0.2, 0.25) is 5.02 Å². The first-order chi connectivity index (χ1) is 12.9. The third kappa shape index (κ3) is 4.95. The van der Waals surface area contributed by atoms with Crippen molar-refractivity contribution in [1.29, 1.82) is 0 Å². The monoisotopic (exact) mass is 400 g/mol. The number of thiazole rings is 1. The van der Waals surface area contributed by atoms with Crippen LogP contribution in [0, 0.1) is 13.8 Å². The number of benzene rings is 2. The molecule has 0 aliphatic heterocycles. The number of quaternary nitrogens is 1. The first-order valence-electron chi connectivity index (χ1n) is 8.80. The number of aromatic nitrogens is 1. The van der Waals surface area contributed by atoms with E-state index >= 15 is 0 Å². The van der Waals surface area contributed by atoms with Gasteiger partial charge >= 0.3 is 0 Å². The number of halogens is 1. The zero-order valence-corrected chi connectivity index (χ0v) is 17.2. The maximum absolute atomic E-state index is 12.4. The average molecular weight is 401 g/mol. The van der Waals surface area contributed by atoms with Gasteiger partial charge in [-0.2, -0.15) is 0 Å². The molecule has 0 saturated heterocycles. The number of amides is 1. The van der Waals surface area contributed by atoms with Gasteiger partial charge in [-0.05, 0) is 31.0 Å². The van der Waals surface area contributed by atoms with Crippen LogP contribution in [-0.2, 0) is 11.3 Å². The third-order valence-electron chi connectivity index (χ3n) is 4.35. The molecule has 0 aliphatic carbocycles. The molecular formula is C21H23ClN3OS+. The molecular weight excluding hydrogens is 378 g/mol. The van der Waals surface area contributed by atoms with E-state index in [1.807, 2.05) is 68.7 Å². The number of likely N-dealkylation sites (N-methyl/N-ethyl adjacent to an activating group) is 1. The van der Waals surface area contributed by atoms with E-state index in [9.17, 15) is 4.79 Å². The fraction of sp³-hybridized carbons (Fsp3) is 0.238. The van der Waals surface area contributed by atoms with Crippen molar-refractivity contribution in [3.8, 4) is 10.6 Å². The van der Waals surface area contributed by atoms with Crippen LogP contribution in [0.1, 0.15) is 16.8 Å². The highest BCUT2D eigenvalue weighted by Crippen LogP contribution is 2.29. The van der Waals surface area contributed by atoms with Gasteiger partial charge in [0.15, 0.2) is 6.54 Å². The van der Waals surface area contributed by atoms with E-state index in [0.29, 0.717) is 18.1 Å². The average Bonchev–Trinajstić information content (AvgIpc) is 3.06. The summed E-state index contributed by atoms with van der Waals surface area (Å²) in [5.41, 5.74) is 4.97. The number of anilines is 1. The SMILES string of the molecule is Cc1cccc(C)c1NC(=O)C[NH+](C)Cc1csc(-c2ccccc2Cl)n1. The minimum Gasteiger partial charge on any atom is -0.325 e. The van der Waals surface area contributed by atoms with E-state index in [-0.39, 0.29) is 5.91 Å². The second-order valence-corrected chi connectivity index (χ2v) is 8.01. The zero-order valence-electron chi connectivity index (χ0n) is 15.7. The molecule has 1 heterocycles. The smallest absolute Gasteiger partial charge is 0.279 e. The number of hydrogen-bond donors (Lipinski definition) is 2. The van der Waals surface area contributed by atoms with Crippen molar-refractivity contribution in [2.45, 2.75) is 20.4 Å². The topological polar surface area (TPSA) is 46.4 Å². The predicted molar refractivity (Wildman–Crippen MR) is 113 cm³/mol. The van der Waals surface area contributed by atoms with Gasteiger partial charge in [-0.25, -0.2) is 4.98 Å². The summed E-state index contributed by atoms with van der Waals surface area (Å²) in [6.45, 7) is 5.07. The molecule has 1 atom stereocenters. The second-order valence-electron chi connectivity index (χ2n) is 6.75. The summed E-state index contributed by atoms with van der Waals surface area (Å²) in [4.78, 5) is 18.2. The number of carbonyl (C=O) groups is 1. The van der Waals surface area contributed by atoms with Crippen LogP contribution in [0.3, 0.4) is 0 Å². The molecule has 0 spiro atoms. The Morgan fingerprint density at radius 2 is 1.85 bits per heavy atom. The molecule has 0 bridgehead atoms. The molecule has 3 rings (SSSR count). The van der Waals surface area contributed by atoms with Gasteiger partial charge in [-0.3, -0.25) is 4.79 Å². The highest BCUT2D eigenvalue weighted by molar-refractivity contribution is 7.13. The molecule has 2 aromatic carbocycles. The lowest BCUT2D eigenvalue weighted by atomic mass is 10.1. The standard InChI is InChI=1S/C21H22ClN3OS/c1-14-7-6-8-15(2)20(14)24-19(26)12-25(3)11-16-13-27-21(23-16)17-9-4-5-10-18(17)22/h4-10,13H,11-12H2,1-3H3,(H,24,26)/p+1. The van der Waals surface area contributed by atoms with Crippen molar-refractivity contribution in [3.05, 3.63) is 69.7 Å². The molecule has 1 aromatic heterocycles. The van der Waals surface area contributed by atoms with Crippen LogP contribution in [0.25, 0.3) is 10.6 Å². The Kier molecular flexibility index (Phi) is 6.26. The first-order valence-corrected chi connectivity index (χ1v) is 10.1. The molecule has 2 N–H and O–H groups in total. The van der Waals surface area contributed by atoms with Crippen molar-refractivity contribution < 1.29 is 9.69 Å². The Morgan fingerprint density at radius 1 is 1.15 bits per heavy atom. The first kappa shape index (κ1) is 19.5. The molecule has 1 unspecified atom stereocenters. The molecule has 3 aromatic rings. The van der Waals surface area contributed by atoms with Gasteiger partial charge in [0.1, 0.15) is 17.2 Å². The van der Waals surface area contributed by atoms with Crippen LogP contribution in [-0.4, -0.2) is 24.5 Å². The van der Waals surface area contributed by atoms with Gasteiger partial charge in [0.2, 0.25) is 0 Å². The Hall–Kier alpha value is -2.21. The van der Waals surface area contributed by atoms with E-state index in [2.05, 4.69) is 10.3 Å². The van der Waals surface area contributed by atoms with Gasteiger partial charge in [-0.15, -0.1) is 11.3 Å². The van der Waals surface area contributed by atoms with Crippen molar-refractivity contribution >= 4 is 34.5 Å². The Bertz CT molecular complexity index is 934. The number of nitrogens with one attached hydrogen (secondary N) is 2. The lowest BCUT2D eigenvalue weighted by Crippen LogP contribution is -3.08. The van der Waals surface area contributed by atoms with Crippen LogP contribution in [0.5, 0.6) is 0 Å². The molecule has 0 aliphatic rings. The highest BCUT2D eigenvalue weighted by atomic mass is 35.5. The lowest BCUT2D eigenvalue weighted by molar-refractivity contribution is -0.885. The summed E-state index contributed by atoms with van der Waals surface area (Å²) in [6, 6.07) is 13.7. The Labute approximate surface area is 168 Å². The van der Waals surface area contributed by atoms with Crippen molar-refractivity contribution in [2.24, 2.45) is 0 Å². The molecule has 0 fully saturated rings.